The number of rotatable bonds is 3. The van der Waals surface area contributed by atoms with Gasteiger partial charge >= 0.3 is 0 Å². The summed E-state index contributed by atoms with van der Waals surface area (Å²) in [5.41, 5.74) is 2.33. The van der Waals surface area contributed by atoms with E-state index >= 15 is 0 Å². The van der Waals surface area contributed by atoms with Crippen LogP contribution in [0, 0.1) is 5.92 Å². The van der Waals surface area contributed by atoms with Crippen LogP contribution in [-0.4, -0.2) is 7.11 Å². The highest BCUT2D eigenvalue weighted by molar-refractivity contribution is 5.43. The Balaban J connectivity index is 2.35. The van der Waals surface area contributed by atoms with Gasteiger partial charge in [-0.1, -0.05) is 19.9 Å². The van der Waals surface area contributed by atoms with Gasteiger partial charge in [0, 0.05) is 5.57 Å². The molecule has 2 rings (SSSR count). The molecule has 0 saturated carbocycles. The van der Waals surface area contributed by atoms with Crippen molar-refractivity contribution in [1.82, 2.24) is 0 Å². The topological polar surface area (TPSA) is 27.7 Å². The van der Waals surface area contributed by atoms with Crippen molar-refractivity contribution in [1.29, 1.82) is 0 Å². The largest absolute Gasteiger partial charge is 0.496 e. The van der Waals surface area contributed by atoms with Crippen LogP contribution in [0.25, 0.3) is 0 Å². The molecule has 0 unspecified atom stereocenters. The molecular weight excluding hydrogens is 216 g/mol. The number of methoxy groups -OCH3 is 1. The number of hydrogen-bond acceptors (Lipinski definition) is 3. The van der Waals surface area contributed by atoms with E-state index in [1.165, 1.54) is 11.8 Å². The van der Waals surface area contributed by atoms with Crippen molar-refractivity contribution in [3.05, 3.63) is 47.5 Å². The third-order valence-electron chi connectivity index (χ3n) is 2.92. The summed E-state index contributed by atoms with van der Waals surface area (Å²) < 4.78 is 16.2. The molecule has 1 heterocycles. The monoisotopic (exact) mass is 234 g/mol. The van der Waals surface area contributed by atoms with Gasteiger partial charge in [-0.3, -0.25) is 0 Å². The van der Waals surface area contributed by atoms with Crippen LogP contribution in [-0.2, 0) is 14.2 Å². The van der Waals surface area contributed by atoms with Crippen molar-refractivity contribution in [2.24, 2.45) is 5.92 Å². The molecule has 0 aromatic rings. The van der Waals surface area contributed by atoms with Crippen LogP contribution in [0.3, 0.4) is 0 Å². The average molecular weight is 234 g/mol. The molecule has 1 aliphatic heterocycles. The van der Waals surface area contributed by atoms with Crippen molar-refractivity contribution in [3.63, 3.8) is 0 Å². The normalized spacial score (nSPS) is 19.5. The molecular formula is C14H18O3. The van der Waals surface area contributed by atoms with Gasteiger partial charge in [-0.2, -0.15) is 0 Å². The maximum atomic E-state index is 5.54. The lowest BCUT2D eigenvalue weighted by Gasteiger charge is -2.24. The fourth-order valence-electron chi connectivity index (χ4n) is 2.13. The molecule has 0 fully saturated rings. The quantitative estimate of drug-likeness (QED) is 0.746. The SMILES string of the molecule is COC1=C(C2=COC=CO2)CCC=C1C(C)C. The first-order chi connectivity index (χ1) is 8.24. The molecule has 0 aromatic heterocycles. The summed E-state index contributed by atoms with van der Waals surface area (Å²) in [5.74, 6) is 2.12. The van der Waals surface area contributed by atoms with Gasteiger partial charge in [0.25, 0.3) is 0 Å². The van der Waals surface area contributed by atoms with Gasteiger partial charge in [-0.05, 0) is 24.3 Å². The van der Waals surface area contributed by atoms with E-state index in [0.29, 0.717) is 5.92 Å². The molecule has 1 aliphatic carbocycles. The zero-order valence-electron chi connectivity index (χ0n) is 10.5. The third kappa shape index (κ3) is 2.38. The molecule has 0 radical (unpaired) electrons. The van der Waals surface area contributed by atoms with Crippen LogP contribution in [0.5, 0.6) is 0 Å². The Morgan fingerprint density at radius 3 is 2.71 bits per heavy atom. The van der Waals surface area contributed by atoms with E-state index in [4.69, 9.17) is 14.2 Å². The summed E-state index contributed by atoms with van der Waals surface area (Å²) in [6.07, 6.45) is 8.86. The molecule has 0 saturated heterocycles. The summed E-state index contributed by atoms with van der Waals surface area (Å²) in [5, 5.41) is 0. The lowest BCUT2D eigenvalue weighted by Crippen LogP contribution is -2.11. The van der Waals surface area contributed by atoms with Gasteiger partial charge in [0.1, 0.15) is 24.5 Å². The highest BCUT2D eigenvalue weighted by atomic mass is 16.5. The van der Waals surface area contributed by atoms with Gasteiger partial charge in [-0.15, -0.1) is 0 Å². The molecule has 3 nitrogen and oxygen atoms in total. The summed E-state index contributed by atoms with van der Waals surface area (Å²) in [7, 11) is 1.71. The molecule has 0 N–H and O–H groups in total. The van der Waals surface area contributed by atoms with Crippen LogP contribution in [0.15, 0.2) is 47.5 Å². The molecule has 0 aromatic carbocycles. The fourth-order valence-corrected chi connectivity index (χ4v) is 2.13. The lowest BCUT2D eigenvalue weighted by molar-refractivity contribution is 0.247. The molecule has 0 bridgehead atoms. The second-order valence-electron chi connectivity index (χ2n) is 4.37. The minimum Gasteiger partial charge on any atom is -0.496 e. The van der Waals surface area contributed by atoms with Gasteiger partial charge in [0.15, 0.2) is 5.76 Å². The summed E-state index contributed by atoms with van der Waals surface area (Å²) in [4.78, 5) is 0. The first-order valence-corrected chi connectivity index (χ1v) is 5.89. The fraction of sp³-hybridized carbons (Fsp3) is 0.429. The van der Waals surface area contributed by atoms with Crippen molar-refractivity contribution in [2.45, 2.75) is 26.7 Å². The van der Waals surface area contributed by atoms with Crippen molar-refractivity contribution < 1.29 is 14.2 Å². The molecule has 2 aliphatic rings. The molecule has 0 spiro atoms. The van der Waals surface area contributed by atoms with Crippen molar-refractivity contribution >= 4 is 0 Å². The van der Waals surface area contributed by atoms with Crippen LogP contribution in [0.2, 0.25) is 0 Å². The van der Waals surface area contributed by atoms with Crippen molar-refractivity contribution in [3.8, 4) is 0 Å². The van der Waals surface area contributed by atoms with Gasteiger partial charge in [0.2, 0.25) is 0 Å². The zero-order valence-corrected chi connectivity index (χ0v) is 10.5. The predicted molar refractivity (Wildman–Crippen MR) is 65.6 cm³/mol. The van der Waals surface area contributed by atoms with E-state index in [1.807, 2.05) is 0 Å². The average Bonchev–Trinajstić information content (AvgIpc) is 2.38. The second kappa shape index (κ2) is 5.13. The molecule has 0 atom stereocenters. The maximum Gasteiger partial charge on any atom is 0.168 e. The Labute approximate surface area is 102 Å². The van der Waals surface area contributed by atoms with E-state index in [9.17, 15) is 0 Å². The van der Waals surface area contributed by atoms with Gasteiger partial charge < -0.3 is 14.2 Å². The number of allylic oxidation sites excluding steroid dienone is 3. The lowest BCUT2D eigenvalue weighted by atomic mass is 9.90. The Kier molecular flexibility index (Phi) is 3.57. The minimum absolute atomic E-state index is 0.445. The number of hydrogen-bond donors (Lipinski definition) is 0. The highest BCUT2D eigenvalue weighted by Crippen LogP contribution is 2.35. The van der Waals surface area contributed by atoms with Crippen LogP contribution >= 0.6 is 0 Å². The Hall–Kier alpha value is -1.64. The minimum atomic E-state index is 0.445. The molecule has 0 amide bonds. The standard InChI is InChI=1S/C14H18O3/c1-10(2)11-5-4-6-12(14(11)15-3)13-9-16-7-8-17-13/h5,7-10H,4,6H2,1-3H3. The van der Waals surface area contributed by atoms with E-state index < -0.39 is 0 Å². The smallest absolute Gasteiger partial charge is 0.168 e. The maximum absolute atomic E-state index is 5.54. The van der Waals surface area contributed by atoms with Gasteiger partial charge in [0.05, 0.1) is 7.11 Å². The molecule has 92 valence electrons. The van der Waals surface area contributed by atoms with E-state index in [0.717, 1.165) is 29.9 Å². The van der Waals surface area contributed by atoms with Crippen LogP contribution < -0.4 is 0 Å². The first-order valence-electron chi connectivity index (χ1n) is 5.89. The second-order valence-corrected chi connectivity index (χ2v) is 4.37. The third-order valence-corrected chi connectivity index (χ3v) is 2.92. The molecule has 17 heavy (non-hydrogen) atoms. The summed E-state index contributed by atoms with van der Waals surface area (Å²) in [6, 6.07) is 0. The van der Waals surface area contributed by atoms with Gasteiger partial charge in [-0.25, -0.2) is 0 Å². The van der Waals surface area contributed by atoms with E-state index in [-0.39, 0.29) is 0 Å². The Bertz CT molecular complexity index is 411. The Morgan fingerprint density at radius 1 is 1.29 bits per heavy atom. The van der Waals surface area contributed by atoms with Crippen LogP contribution in [0.4, 0.5) is 0 Å². The van der Waals surface area contributed by atoms with Crippen molar-refractivity contribution in [2.75, 3.05) is 7.11 Å². The Morgan fingerprint density at radius 2 is 2.12 bits per heavy atom. The highest BCUT2D eigenvalue weighted by Gasteiger charge is 2.23. The summed E-state index contributed by atoms with van der Waals surface area (Å²) in [6.45, 7) is 4.33. The molecule has 3 heteroatoms. The van der Waals surface area contributed by atoms with E-state index in [1.54, 1.807) is 19.6 Å². The zero-order chi connectivity index (χ0) is 12.3. The number of ether oxygens (including phenoxy) is 3. The summed E-state index contributed by atoms with van der Waals surface area (Å²) >= 11 is 0. The predicted octanol–water partition coefficient (Wildman–Crippen LogP) is 3.62. The first kappa shape index (κ1) is 11.8. The van der Waals surface area contributed by atoms with Crippen LogP contribution in [0.1, 0.15) is 26.7 Å². The van der Waals surface area contributed by atoms with E-state index in [2.05, 4.69) is 19.9 Å².